The molecule has 0 aromatic heterocycles. The fraction of sp³-hybridized carbons (Fsp3) is 0.562. The first-order chi connectivity index (χ1) is 10.1. The second kappa shape index (κ2) is 5.72. The third-order valence-corrected chi connectivity index (χ3v) is 4.65. The van der Waals surface area contributed by atoms with Crippen LogP contribution < -0.4 is 5.73 Å². The number of amides is 1. The van der Waals surface area contributed by atoms with Gasteiger partial charge in [-0.3, -0.25) is 4.79 Å². The van der Waals surface area contributed by atoms with Crippen molar-refractivity contribution in [3.8, 4) is 0 Å². The predicted molar refractivity (Wildman–Crippen MR) is 75.6 cm³/mol. The molecule has 1 heterocycles. The van der Waals surface area contributed by atoms with Crippen LogP contribution in [0, 0.1) is 17.6 Å². The molecule has 21 heavy (non-hydrogen) atoms. The largest absolute Gasteiger partial charge is 0.338 e. The van der Waals surface area contributed by atoms with Crippen LogP contribution in [0.2, 0.25) is 0 Å². The van der Waals surface area contributed by atoms with Crippen LogP contribution >= 0.6 is 0 Å². The second-order valence-corrected chi connectivity index (χ2v) is 6.03. The Morgan fingerprint density at radius 2 is 2.14 bits per heavy atom. The van der Waals surface area contributed by atoms with Gasteiger partial charge in [0.15, 0.2) is 0 Å². The molecule has 2 N–H and O–H groups in total. The number of nitrogens with zero attached hydrogens (tertiary/aromatic N) is 1. The van der Waals surface area contributed by atoms with E-state index in [1.807, 2.05) is 4.90 Å². The predicted octanol–water partition coefficient (Wildman–Crippen LogP) is 2.41. The Morgan fingerprint density at radius 1 is 1.33 bits per heavy atom. The van der Waals surface area contributed by atoms with Gasteiger partial charge in [0.05, 0.1) is 0 Å². The minimum Gasteiger partial charge on any atom is -0.338 e. The van der Waals surface area contributed by atoms with Crippen molar-refractivity contribution in [3.05, 3.63) is 35.4 Å². The van der Waals surface area contributed by atoms with E-state index in [0.29, 0.717) is 18.5 Å². The number of carbonyl (C=O) groups is 1. The Morgan fingerprint density at radius 3 is 2.90 bits per heavy atom. The van der Waals surface area contributed by atoms with Crippen LogP contribution in [0.1, 0.15) is 37.2 Å². The third-order valence-electron chi connectivity index (χ3n) is 4.65. The van der Waals surface area contributed by atoms with Crippen molar-refractivity contribution in [2.75, 3.05) is 13.1 Å². The van der Waals surface area contributed by atoms with Gasteiger partial charge in [0.25, 0.3) is 0 Å². The van der Waals surface area contributed by atoms with Gasteiger partial charge in [0.1, 0.15) is 11.6 Å². The number of nitrogens with two attached hydrogens (primary N) is 1. The van der Waals surface area contributed by atoms with Crippen LogP contribution in [0.4, 0.5) is 8.78 Å². The Kier molecular flexibility index (Phi) is 3.93. The van der Waals surface area contributed by atoms with Gasteiger partial charge >= 0.3 is 0 Å². The fourth-order valence-corrected chi connectivity index (χ4v) is 3.36. The van der Waals surface area contributed by atoms with E-state index >= 15 is 0 Å². The first-order valence-corrected chi connectivity index (χ1v) is 7.57. The zero-order chi connectivity index (χ0) is 15.0. The molecular weight excluding hydrogens is 274 g/mol. The molecule has 3 rings (SSSR count). The fourth-order valence-electron chi connectivity index (χ4n) is 3.36. The average Bonchev–Trinajstić information content (AvgIpc) is 3.29. The molecule has 0 radical (unpaired) electrons. The minimum absolute atomic E-state index is 0.0545. The molecule has 3 atom stereocenters. The highest BCUT2D eigenvalue weighted by Gasteiger charge is 2.48. The lowest BCUT2D eigenvalue weighted by molar-refractivity contribution is -0.136. The molecule has 0 bridgehead atoms. The number of likely N-dealkylation sites (tertiary alicyclic amines) is 1. The van der Waals surface area contributed by atoms with Gasteiger partial charge in [0, 0.05) is 25.0 Å². The maximum Gasteiger partial charge on any atom is 0.226 e. The molecule has 114 valence electrons. The molecule has 0 spiro atoms. The van der Waals surface area contributed by atoms with Crippen molar-refractivity contribution in [1.29, 1.82) is 0 Å². The van der Waals surface area contributed by atoms with Crippen LogP contribution in [0.3, 0.4) is 0 Å². The number of hydrogen-bond donors (Lipinski definition) is 1. The lowest BCUT2D eigenvalue weighted by Gasteiger charge is -2.35. The summed E-state index contributed by atoms with van der Waals surface area (Å²) in [5, 5.41) is 0. The molecule has 1 amide bonds. The van der Waals surface area contributed by atoms with Crippen molar-refractivity contribution in [3.63, 3.8) is 0 Å². The minimum atomic E-state index is -0.456. The molecule has 1 saturated heterocycles. The van der Waals surface area contributed by atoms with Crippen molar-refractivity contribution < 1.29 is 13.6 Å². The summed E-state index contributed by atoms with van der Waals surface area (Å²) < 4.78 is 27.0. The van der Waals surface area contributed by atoms with Crippen LogP contribution in [-0.2, 0) is 4.79 Å². The van der Waals surface area contributed by atoms with Crippen LogP contribution in [0.5, 0.6) is 0 Å². The molecule has 1 saturated carbocycles. The molecule has 1 aromatic carbocycles. The highest BCUT2D eigenvalue weighted by atomic mass is 19.1. The number of hydrogen-bond acceptors (Lipinski definition) is 2. The van der Waals surface area contributed by atoms with Crippen LogP contribution in [0.15, 0.2) is 18.2 Å². The number of carbonyl (C=O) groups excluding carboxylic acids is 1. The maximum atomic E-state index is 13.8. The molecule has 5 heteroatoms. The Hall–Kier alpha value is -1.49. The van der Waals surface area contributed by atoms with E-state index in [1.165, 1.54) is 6.07 Å². The monoisotopic (exact) mass is 294 g/mol. The quantitative estimate of drug-likeness (QED) is 0.930. The second-order valence-electron chi connectivity index (χ2n) is 6.03. The summed E-state index contributed by atoms with van der Waals surface area (Å²) in [6, 6.07) is 3.55. The van der Waals surface area contributed by atoms with E-state index in [-0.39, 0.29) is 23.8 Å². The molecule has 2 aliphatic rings. The van der Waals surface area contributed by atoms with Crippen molar-refractivity contribution in [1.82, 2.24) is 4.90 Å². The zero-order valence-corrected chi connectivity index (χ0v) is 11.9. The van der Waals surface area contributed by atoms with Gasteiger partial charge < -0.3 is 10.6 Å². The topological polar surface area (TPSA) is 46.3 Å². The Labute approximate surface area is 123 Å². The van der Waals surface area contributed by atoms with Crippen molar-refractivity contribution in [2.24, 2.45) is 11.7 Å². The van der Waals surface area contributed by atoms with E-state index in [0.717, 1.165) is 37.9 Å². The number of benzene rings is 1. The van der Waals surface area contributed by atoms with E-state index in [9.17, 15) is 13.6 Å². The first kappa shape index (κ1) is 14.4. The standard InChI is InChI=1S/C16H20F2N2O/c17-10-4-5-15(18)13(7-10)12-8-14(12)16(21)20-6-2-1-3-11(20)9-19/h4-5,7,11-12,14H,1-3,6,8-9,19H2/t11-,12+,14-/m0/s1. The summed E-state index contributed by atoms with van der Waals surface area (Å²) in [4.78, 5) is 14.4. The lowest BCUT2D eigenvalue weighted by Crippen LogP contribution is -2.48. The maximum absolute atomic E-state index is 13.8. The van der Waals surface area contributed by atoms with Crippen LogP contribution in [-0.4, -0.2) is 29.9 Å². The first-order valence-electron chi connectivity index (χ1n) is 7.57. The van der Waals surface area contributed by atoms with Gasteiger partial charge in [-0.2, -0.15) is 0 Å². The lowest BCUT2D eigenvalue weighted by atomic mass is 10.0. The van der Waals surface area contributed by atoms with E-state index in [1.54, 1.807) is 0 Å². The van der Waals surface area contributed by atoms with Gasteiger partial charge in [-0.1, -0.05) is 0 Å². The molecule has 1 aliphatic heterocycles. The summed E-state index contributed by atoms with van der Waals surface area (Å²) >= 11 is 0. The number of rotatable bonds is 3. The molecule has 2 fully saturated rings. The van der Waals surface area contributed by atoms with E-state index in [2.05, 4.69) is 0 Å². The summed E-state index contributed by atoms with van der Waals surface area (Å²) in [5.41, 5.74) is 6.07. The summed E-state index contributed by atoms with van der Waals surface area (Å²) in [5.74, 6) is -1.23. The molecule has 1 aromatic rings. The van der Waals surface area contributed by atoms with Crippen molar-refractivity contribution in [2.45, 2.75) is 37.6 Å². The summed E-state index contributed by atoms with van der Waals surface area (Å²) in [6.07, 6.45) is 3.63. The Balaban J connectivity index is 1.72. The van der Waals surface area contributed by atoms with Gasteiger partial charge in [-0.25, -0.2) is 8.78 Å². The highest BCUT2D eigenvalue weighted by Crippen LogP contribution is 2.49. The SMILES string of the molecule is NC[C@@H]1CCCCN1C(=O)[C@H]1C[C@@H]1c1cc(F)ccc1F. The van der Waals surface area contributed by atoms with Gasteiger partial charge in [-0.15, -0.1) is 0 Å². The van der Waals surface area contributed by atoms with Crippen molar-refractivity contribution >= 4 is 5.91 Å². The van der Waals surface area contributed by atoms with Gasteiger partial charge in [0.2, 0.25) is 5.91 Å². The molecular formula is C16H20F2N2O. The Bertz CT molecular complexity index is 549. The number of halogens is 2. The highest BCUT2D eigenvalue weighted by molar-refractivity contribution is 5.83. The third kappa shape index (κ3) is 2.79. The van der Waals surface area contributed by atoms with E-state index < -0.39 is 11.6 Å². The van der Waals surface area contributed by atoms with Gasteiger partial charge in [-0.05, 0) is 55.4 Å². The molecule has 0 unspecified atom stereocenters. The summed E-state index contributed by atoms with van der Waals surface area (Å²) in [6.45, 7) is 1.20. The smallest absolute Gasteiger partial charge is 0.226 e. The van der Waals surface area contributed by atoms with Crippen LogP contribution in [0.25, 0.3) is 0 Å². The normalized spacial score (nSPS) is 28.5. The molecule has 3 nitrogen and oxygen atoms in total. The van der Waals surface area contributed by atoms with E-state index in [4.69, 9.17) is 5.73 Å². The summed E-state index contributed by atoms with van der Waals surface area (Å²) in [7, 11) is 0. The average molecular weight is 294 g/mol. The number of piperidine rings is 1. The zero-order valence-electron chi connectivity index (χ0n) is 11.9. The molecule has 1 aliphatic carbocycles.